The molecular formula is C17H17Cl2N5OS. The molecule has 9 heteroatoms. The van der Waals surface area contributed by atoms with Crippen LogP contribution in [0, 0.1) is 0 Å². The monoisotopic (exact) mass is 409 g/mol. The predicted molar refractivity (Wildman–Crippen MR) is 105 cm³/mol. The van der Waals surface area contributed by atoms with Crippen molar-refractivity contribution >= 4 is 51.9 Å². The quantitative estimate of drug-likeness (QED) is 0.508. The maximum absolute atomic E-state index is 12.6. The van der Waals surface area contributed by atoms with Crippen LogP contribution in [0.4, 0.5) is 0 Å². The van der Waals surface area contributed by atoms with Crippen LogP contribution in [-0.2, 0) is 11.8 Å². The van der Waals surface area contributed by atoms with Crippen LogP contribution in [-0.4, -0.2) is 30.9 Å². The van der Waals surface area contributed by atoms with Gasteiger partial charge in [0.2, 0.25) is 5.91 Å². The van der Waals surface area contributed by atoms with E-state index >= 15 is 0 Å². The van der Waals surface area contributed by atoms with Crippen LogP contribution in [0.2, 0.25) is 10.0 Å². The van der Waals surface area contributed by atoms with Crippen LogP contribution in [0.25, 0.3) is 11.0 Å². The fraction of sp³-hybridized carbons (Fsp3) is 0.294. The number of hydrogen-bond donors (Lipinski definition) is 1. The molecule has 2 aromatic heterocycles. The molecule has 0 bridgehead atoms. The number of thioether (sulfide) groups is 1. The molecule has 0 aliphatic carbocycles. The van der Waals surface area contributed by atoms with Crippen molar-refractivity contribution in [3.05, 3.63) is 46.3 Å². The molecule has 136 valence electrons. The van der Waals surface area contributed by atoms with E-state index in [1.54, 1.807) is 23.0 Å². The standard InChI is InChI=1S/C17H17Cl2N5OS/c1-9(12-5-4-11(18)6-14(12)19)23-16(25)10(2)26-17-13-7-22-24(3)15(13)20-8-21-17/h4-10H,1-3H3,(H,23,25)/t9-,10-/m1/s1. The predicted octanol–water partition coefficient (Wildman–Crippen LogP) is 4.03. The first kappa shape index (κ1) is 18.9. The van der Waals surface area contributed by atoms with Gasteiger partial charge in [0.25, 0.3) is 0 Å². The van der Waals surface area contributed by atoms with Crippen LogP contribution in [0.1, 0.15) is 25.5 Å². The van der Waals surface area contributed by atoms with Crippen LogP contribution in [0.15, 0.2) is 35.7 Å². The van der Waals surface area contributed by atoms with Gasteiger partial charge in [0.15, 0.2) is 5.65 Å². The first-order valence-corrected chi connectivity index (χ1v) is 9.55. The highest BCUT2D eigenvalue weighted by Crippen LogP contribution is 2.29. The molecule has 0 saturated heterocycles. The number of hydrogen-bond acceptors (Lipinski definition) is 5. The number of nitrogens with one attached hydrogen (secondary N) is 1. The van der Waals surface area contributed by atoms with Gasteiger partial charge in [0, 0.05) is 17.1 Å². The number of benzene rings is 1. The van der Waals surface area contributed by atoms with E-state index in [9.17, 15) is 4.79 Å². The van der Waals surface area contributed by atoms with E-state index in [2.05, 4.69) is 20.4 Å². The molecule has 0 spiro atoms. The molecule has 3 aromatic rings. The van der Waals surface area contributed by atoms with Gasteiger partial charge in [-0.05, 0) is 31.5 Å². The Morgan fingerprint density at radius 3 is 2.77 bits per heavy atom. The maximum atomic E-state index is 12.6. The first-order valence-electron chi connectivity index (χ1n) is 7.91. The van der Waals surface area contributed by atoms with Gasteiger partial charge in [0.1, 0.15) is 11.4 Å². The van der Waals surface area contributed by atoms with Crippen LogP contribution in [0.5, 0.6) is 0 Å². The van der Waals surface area contributed by atoms with Gasteiger partial charge in [-0.1, -0.05) is 41.0 Å². The van der Waals surface area contributed by atoms with Crippen molar-refractivity contribution in [1.82, 2.24) is 25.1 Å². The molecule has 0 saturated carbocycles. The molecule has 2 atom stereocenters. The van der Waals surface area contributed by atoms with E-state index in [-0.39, 0.29) is 17.2 Å². The highest BCUT2D eigenvalue weighted by molar-refractivity contribution is 8.00. The minimum absolute atomic E-state index is 0.107. The van der Waals surface area contributed by atoms with Gasteiger partial charge in [-0.15, -0.1) is 0 Å². The number of carbonyl (C=O) groups is 1. The summed E-state index contributed by atoms with van der Waals surface area (Å²) in [5.74, 6) is -0.107. The highest BCUT2D eigenvalue weighted by atomic mass is 35.5. The second-order valence-corrected chi connectivity index (χ2v) is 8.01. The lowest BCUT2D eigenvalue weighted by molar-refractivity contribution is -0.120. The third kappa shape index (κ3) is 3.95. The molecule has 1 N–H and O–H groups in total. The summed E-state index contributed by atoms with van der Waals surface area (Å²) in [6, 6.07) is 5.00. The summed E-state index contributed by atoms with van der Waals surface area (Å²) >= 11 is 13.5. The largest absolute Gasteiger partial charge is 0.349 e. The molecule has 0 aliphatic heterocycles. The first-order chi connectivity index (χ1) is 12.4. The maximum Gasteiger partial charge on any atom is 0.233 e. The van der Waals surface area contributed by atoms with Gasteiger partial charge in [-0.2, -0.15) is 5.10 Å². The number of aryl methyl sites for hydroxylation is 1. The summed E-state index contributed by atoms with van der Waals surface area (Å²) in [7, 11) is 1.82. The summed E-state index contributed by atoms with van der Waals surface area (Å²) in [5.41, 5.74) is 1.55. The van der Waals surface area contributed by atoms with E-state index in [0.29, 0.717) is 10.0 Å². The Balaban J connectivity index is 1.71. The van der Waals surface area contributed by atoms with E-state index < -0.39 is 0 Å². The van der Waals surface area contributed by atoms with Crippen molar-refractivity contribution in [2.75, 3.05) is 0 Å². The molecule has 0 aliphatic rings. The molecule has 0 radical (unpaired) electrons. The smallest absolute Gasteiger partial charge is 0.233 e. The van der Waals surface area contributed by atoms with Crippen molar-refractivity contribution in [3.63, 3.8) is 0 Å². The SMILES string of the molecule is C[C@@H](Sc1ncnc2c1cnn2C)C(=O)N[C@H](C)c1ccc(Cl)cc1Cl. The number of rotatable bonds is 5. The lowest BCUT2D eigenvalue weighted by Gasteiger charge is -2.18. The second-order valence-electron chi connectivity index (χ2n) is 5.84. The van der Waals surface area contributed by atoms with Crippen molar-refractivity contribution in [1.29, 1.82) is 0 Å². The van der Waals surface area contributed by atoms with Crippen molar-refractivity contribution in [2.24, 2.45) is 7.05 Å². The molecule has 2 heterocycles. The fourth-order valence-corrected chi connectivity index (χ4v) is 3.98. The Hall–Kier alpha value is -1.83. The van der Waals surface area contributed by atoms with E-state index in [1.807, 2.05) is 27.0 Å². The zero-order valence-corrected chi connectivity index (χ0v) is 16.7. The van der Waals surface area contributed by atoms with Gasteiger partial charge in [0.05, 0.1) is 22.9 Å². The van der Waals surface area contributed by atoms with Crippen LogP contribution < -0.4 is 5.32 Å². The minimum atomic E-state index is -0.346. The van der Waals surface area contributed by atoms with Crippen molar-refractivity contribution < 1.29 is 4.79 Å². The van der Waals surface area contributed by atoms with Crippen molar-refractivity contribution in [3.8, 4) is 0 Å². The molecular weight excluding hydrogens is 393 g/mol. The number of nitrogens with zero attached hydrogens (tertiary/aromatic N) is 4. The van der Waals surface area contributed by atoms with Gasteiger partial charge >= 0.3 is 0 Å². The van der Waals surface area contributed by atoms with E-state index in [1.165, 1.54) is 18.1 Å². The zero-order valence-electron chi connectivity index (χ0n) is 14.4. The molecule has 6 nitrogen and oxygen atoms in total. The molecule has 1 aromatic carbocycles. The number of aromatic nitrogens is 4. The third-order valence-corrected chi connectivity index (χ3v) is 5.62. The van der Waals surface area contributed by atoms with E-state index in [4.69, 9.17) is 23.2 Å². The van der Waals surface area contributed by atoms with Crippen molar-refractivity contribution in [2.45, 2.75) is 30.2 Å². The topological polar surface area (TPSA) is 72.7 Å². The Bertz CT molecular complexity index is 961. The lowest BCUT2D eigenvalue weighted by Crippen LogP contribution is -2.33. The number of carbonyl (C=O) groups excluding carboxylic acids is 1. The summed E-state index contributed by atoms with van der Waals surface area (Å²) in [4.78, 5) is 21.1. The Morgan fingerprint density at radius 1 is 1.27 bits per heavy atom. The molecule has 0 unspecified atom stereocenters. The molecule has 1 amide bonds. The normalized spacial score (nSPS) is 13.6. The van der Waals surface area contributed by atoms with Crippen LogP contribution >= 0.6 is 35.0 Å². The summed E-state index contributed by atoms with van der Waals surface area (Å²) < 4.78 is 1.68. The second kappa shape index (κ2) is 7.82. The highest BCUT2D eigenvalue weighted by Gasteiger charge is 2.21. The molecule has 0 fully saturated rings. The van der Waals surface area contributed by atoms with Gasteiger partial charge in [-0.25, -0.2) is 9.97 Å². The molecule has 26 heavy (non-hydrogen) atoms. The Labute approximate surface area is 165 Å². The van der Waals surface area contributed by atoms with Gasteiger partial charge < -0.3 is 5.32 Å². The zero-order chi connectivity index (χ0) is 18.8. The minimum Gasteiger partial charge on any atom is -0.349 e. The number of fused-ring (bicyclic) bond motifs is 1. The van der Waals surface area contributed by atoms with E-state index in [0.717, 1.165) is 21.6 Å². The fourth-order valence-electron chi connectivity index (χ4n) is 2.52. The Morgan fingerprint density at radius 2 is 2.04 bits per heavy atom. The Kier molecular flexibility index (Phi) is 5.70. The summed E-state index contributed by atoms with van der Waals surface area (Å²) in [6.45, 7) is 3.72. The average molecular weight is 410 g/mol. The third-order valence-electron chi connectivity index (χ3n) is 3.94. The van der Waals surface area contributed by atoms with Crippen LogP contribution in [0.3, 0.4) is 0 Å². The lowest BCUT2D eigenvalue weighted by atomic mass is 10.1. The summed E-state index contributed by atoms with van der Waals surface area (Å²) in [6.07, 6.45) is 3.19. The average Bonchev–Trinajstić information content (AvgIpc) is 2.97. The number of halogens is 2. The number of amides is 1. The molecule has 3 rings (SSSR count). The van der Waals surface area contributed by atoms with Gasteiger partial charge in [-0.3, -0.25) is 9.48 Å². The summed E-state index contributed by atoms with van der Waals surface area (Å²) in [5, 5.41) is 9.46.